The Balaban J connectivity index is 1.93. The highest BCUT2D eigenvalue weighted by molar-refractivity contribution is 6.06. The van der Waals surface area contributed by atoms with Crippen LogP contribution in [0.1, 0.15) is 34.3 Å². The van der Waals surface area contributed by atoms with Gasteiger partial charge in [0.15, 0.2) is 0 Å². The van der Waals surface area contributed by atoms with Gasteiger partial charge in [-0.25, -0.2) is 0 Å². The molecule has 5 nitrogen and oxygen atoms in total. The van der Waals surface area contributed by atoms with E-state index in [0.29, 0.717) is 5.56 Å². The number of rotatable bonds is 3. The Labute approximate surface area is 128 Å². The second kappa shape index (κ2) is 5.33. The molecule has 0 saturated heterocycles. The molecule has 114 valence electrons. The van der Waals surface area contributed by atoms with E-state index >= 15 is 0 Å². The van der Waals surface area contributed by atoms with Gasteiger partial charge in [0.2, 0.25) is 0 Å². The van der Waals surface area contributed by atoms with Crippen LogP contribution < -0.4 is 5.32 Å². The molecule has 5 heteroatoms. The van der Waals surface area contributed by atoms with Crippen LogP contribution in [-0.2, 0) is 13.5 Å². The predicted molar refractivity (Wildman–Crippen MR) is 86.2 cm³/mol. The van der Waals surface area contributed by atoms with Crippen molar-refractivity contribution < 1.29 is 9.21 Å². The highest BCUT2D eigenvalue weighted by atomic mass is 16.3. The molecule has 1 N–H and O–H groups in total. The summed E-state index contributed by atoms with van der Waals surface area (Å²) in [6, 6.07) is 7.37. The number of amides is 1. The number of aromatic nitrogens is 2. The molecule has 22 heavy (non-hydrogen) atoms. The zero-order valence-corrected chi connectivity index (χ0v) is 13.2. The quantitative estimate of drug-likeness (QED) is 0.803. The van der Waals surface area contributed by atoms with E-state index < -0.39 is 0 Å². The summed E-state index contributed by atoms with van der Waals surface area (Å²) in [5, 5.41) is 8.27. The molecular formula is C17H19N3O2. The molecule has 1 amide bonds. The Morgan fingerprint density at radius 1 is 1.32 bits per heavy atom. The molecule has 0 aliphatic rings. The van der Waals surface area contributed by atoms with Crippen LogP contribution in [0.4, 0.5) is 5.82 Å². The topological polar surface area (TPSA) is 60.1 Å². The van der Waals surface area contributed by atoms with Crippen LogP contribution in [0.2, 0.25) is 0 Å². The number of aryl methyl sites for hydroxylation is 3. The normalized spacial score (nSPS) is 11.1. The van der Waals surface area contributed by atoms with E-state index in [1.807, 2.05) is 39.1 Å². The average Bonchev–Trinajstić information content (AvgIpc) is 2.97. The van der Waals surface area contributed by atoms with Gasteiger partial charge >= 0.3 is 0 Å². The lowest BCUT2D eigenvalue weighted by molar-refractivity contribution is 0.102. The Morgan fingerprint density at radius 2 is 2.09 bits per heavy atom. The van der Waals surface area contributed by atoms with E-state index in [0.717, 1.165) is 40.2 Å². The second-order valence-corrected chi connectivity index (χ2v) is 5.45. The summed E-state index contributed by atoms with van der Waals surface area (Å²) in [6.07, 6.45) is 0.829. The van der Waals surface area contributed by atoms with E-state index in [1.165, 1.54) is 0 Å². The zero-order valence-electron chi connectivity index (χ0n) is 13.2. The van der Waals surface area contributed by atoms with Crippen molar-refractivity contribution >= 4 is 22.7 Å². The van der Waals surface area contributed by atoms with Crippen LogP contribution in [0.25, 0.3) is 11.0 Å². The van der Waals surface area contributed by atoms with Gasteiger partial charge in [-0.2, -0.15) is 5.10 Å². The fourth-order valence-electron chi connectivity index (χ4n) is 2.78. The minimum atomic E-state index is -0.140. The number of hydrogen-bond acceptors (Lipinski definition) is 3. The van der Waals surface area contributed by atoms with Gasteiger partial charge < -0.3 is 9.73 Å². The third kappa shape index (κ3) is 2.39. The van der Waals surface area contributed by atoms with Crippen LogP contribution in [0.15, 0.2) is 28.7 Å². The molecule has 2 aromatic heterocycles. The monoisotopic (exact) mass is 297 g/mol. The number of fused-ring (bicyclic) bond motifs is 1. The maximum atomic E-state index is 12.5. The fraction of sp³-hybridized carbons (Fsp3) is 0.294. The zero-order chi connectivity index (χ0) is 15.9. The smallest absolute Gasteiger partial charge is 0.256 e. The van der Waals surface area contributed by atoms with Crippen molar-refractivity contribution in [3.8, 4) is 0 Å². The molecular weight excluding hydrogens is 278 g/mol. The van der Waals surface area contributed by atoms with Gasteiger partial charge in [0, 0.05) is 23.6 Å². The van der Waals surface area contributed by atoms with Gasteiger partial charge in [-0.1, -0.05) is 6.92 Å². The van der Waals surface area contributed by atoms with Gasteiger partial charge in [-0.15, -0.1) is 0 Å². The first kappa shape index (κ1) is 14.4. The van der Waals surface area contributed by atoms with Gasteiger partial charge in [0.25, 0.3) is 5.91 Å². The predicted octanol–water partition coefficient (Wildman–Crippen LogP) is 3.60. The summed E-state index contributed by atoms with van der Waals surface area (Å²) in [6.45, 7) is 5.90. The van der Waals surface area contributed by atoms with Crippen molar-refractivity contribution in [2.24, 2.45) is 7.05 Å². The average molecular weight is 297 g/mol. The summed E-state index contributed by atoms with van der Waals surface area (Å²) in [5.41, 5.74) is 3.41. The number of nitrogens with one attached hydrogen (secondary N) is 1. The lowest BCUT2D eigenvalue weighted by Gasteiger charge is -2.08. The molecule has 0 radical (unpaired) electrons. The van der Waals surface area contributed by atoms with Crippen LogP contribution >= 0.6 is 0 Å². The third-order valence-electron chi connectivity index (χ3n) is 3.83. The van der Waals surface area contributed by atoms with Crippen LogP contribution in [0.3, 0.4) is 0 Å². The molecule has 0 bridgehead atoms. The molecule has 0 unspecified atom stereocenters. The van der Waals surface area contributed by atoms with E-state index in [4.69, 9.17) is 4.42 Å². The molecule has 0 atom stereocenters. The lowest BCUT2D eigenvalue weighted by Crippen LogP contribution is -2.15. The first-order valence-electron chi connectivity index (χ1n) is 7.33. The molecule has 0 saturated carbocycles. The Kier molecular flexibility index (Phi) is 3.48. The number of benzene rings is 1. The SMILES string of the molecule is CCc1c(C)nn(C)c1NC(=O)c1ccc2oc(C)cc2c1. The van der Waals surface area contributed by atoms with Crippen LogP contribution in [0.5, 0.6) is 0 Å². The number of nitrogens with zero attached hydrogens (tertiary/aromatic N) is 2. The van der Waals surface area contributed by atoms with Crippen LogP contribution in [0, 0.1) is 13.8 Å². The summed E-state index contributed by atoms with van der Waals surface area (Å²) in [4.78, 5) is 12.5. The van der Waals surface area contributed by atoms with Gasteiger partial charge in [0.05, 0.1) is 5.69 Å². The van der Waals surface area contributed by atoms with Crippen molar-refractivity contribution in [2.45, 2.75) is 27.2 Å². The Hall–Kier alpha value is -2.56. The van der Waals surface area contributed by atoms with Crippen molar-refractivity contribution in [3.63, 3.8) is 0 Å². The largest absolute Gasteiger partial charge is 0.461 e. The van der Waals surface area contributed by atoms with E-state index in [-0.39, 0.29) is 5.91 Å². The first-order chi connectivity index (χ1) is 10.5. The number of hydrogen-bond donors (Lipinski definition) is 1. The van der Waals surface area contributed by atoms with Crippen molar-refractivity contribution in [1.29, 1.82) is 0 Å². The standard InChI is InChI=1S/C17H19N3O2/c1-5-14-11(3)19-20(4)16(14)18-17(21)12-6-7-15-13(9-12)8-10(2)22-15/h6-9H,5H2,1-4H3,(H,18,21). The Bertz CT molecular complexity index is 858. The van der Waals surface area contributed by atoms with E-state index in [9.17, 15) is 4.79 Å². The van der Waals surface area contributed by atoms with Gasteiger partial charge in [-0.3, -0.25) is 9.48 Å². The number of furan rings is 1. The van der Waals surface area contributed by atoms with E-state index in [1.54, 1.807) is 10.7 Å². The molecule has 0 aliphatic heterocycles. The van der Waals surface area contributed by atoms with Crippen LogP contribution in [-0.4, -0.2) is 15.7 Å². The summed E-state index contributed by atoms with van der Waals surface area (Å²) in [7, 11) is 1.84. The molecule has 0 fully saturated rings. The van der Waals surface area contributed by atoms with E-state index in [2.05, 4.69) is 17.3 Å². The lowest BCUT2D eigenvalue weighted by atomic mass is 10.1. The minimum absolute atomic E-state index is 0.140. The molecule has 2 heterocycles. The maximum absolute atomic E-state index is 12.5. The summed E-state index contributed by atoms with van der Waals surface area (Å²) < 4.78 is 7.25. The number of carbonyl (C=O) groups excluding carboxylic acids is 1. The molecule has 0 aliphatic carbocycles. The van der Waals surface area contributed by atoms with Gasteiger partial charge in [0.1, 0.15) is 17.2 Å². The molecule has 3 rings (SSSR count). The first-order valence-corrected chi connectivity index (χ1v) is 7.33. The molecule has 1 aromatic carbocycles. The molecule has 0 spiro atoms. The van der Waals surface area contributed by atoms with Crippen molar-refractivity contribution in [3.05, 3.63) is 46.8 Å². The fourth-order valence-corrected chi connectivity index (χ4v) is 2.78. The maximum Gasteiger partial charge on any atom is 0.256 e. The number of anilines is 1. The summed E-state index contributed by atoms with van der Waals surface area (Å²) >= 11 is 0. The van der Waals surface area contributed by atoms with Crippen molar-refractivity contribution in [2.75, 3.05) is 5.32 Å². The molecule has 3 aromatic rings. The summed E-state index contributed by atoms with van der Waals surface area (Å²) in [5.74, 6) is 1.45. The Morgan fingerprint density at radius 3 is 2.82 bits per heavy atom. The van der Waals surface area contributed by atoms with Gasteiger partial charge in [-0.05, 0) is 44.5 Å². The minimum Gasteiger partial charge on any atom is -0.461 e. The third-order valence-corrected chi connectivity index (χ3v) is 3.83. The highest BCUT2D eigenvalue weighted by Crippen LogP contribution is 2.23. The highest BCUT2D eigenvalue weighted by Gasteiger charge is 2.16. The van der Waals surface area contributed by atoms with Crippen molar-refractivity contribution in [1.82, 2.24) is 9.78 Å². The number of carbonyl (C=O) groups is 1. The second-order valence-electron chi connectivity index (χ2n) is 5.45.